The van der Waals surface area contributed by atoms with Crippen molar-refractivity contribution < 1.29 is 13.9 Å². The molecule has 170 valence electrons. The largest absolute Gasteiger partial charge is 0.419 e. The minimum Gasteiger partial charge on any atom is -0.408 e. The molecule has 0 bridgehead atoms. The van der Waals surface area contributed by atoms with E-state index in [4.69, 9.17) is 9.15 Å². The Labute approximate surface area is 197 Å². The summed E-state index contributed by atoms with van der Waals surface area (Å²) in [6, 6.07) is 11.5. The topological polar surface area (TPSA) is 109 Å². The maximum atomic E-state index is 12.5. The number of rotatable bonds is 5. The van der Waals surface area contributed by atoms with E-state index in [1.54, 1.807) is 29.7 Å². The first-order valence-electron chi connectivity index (χ1n) is 10.7. The summed E-state index contributed by atoms with van der Waals surface area (Å²) >= 11 is 3.30. The highest BCUT2D eigenvalue weighted by atomic mass is 32.2. The Bertz CT molecular complexity index is 1380. The maximum absolute atomic E-state index is 12.5. The van der Waals surface area contributed by atoms with Crippen molar-refractivity contribution in [2.24, 2.45) is 7.05 Å². The van der Waals surface area contributed by atoms with E-state index in [1.165, 1.54) is 4.57 Å². The van der Waals surface area contributed by atoms with Gasteiger partial charge in [0, 0.05) is 41.8 Å². The Balaban J connectivity index is 1.30. The van der Waals surface area contributed by atoms with Crippen LogP contribution < -0.4 is 16.4 Å². The molecule has 2 N–H and O–H groups in total. The van der Waals surface area contributed by atoms with Crippen LogP contribution in [0.5, 0.6) is 0 Å². The normalized spacial score (nSPS) is 17.6. The van der Waals surface area contributed by atoms with E-state index in [1.807, 2.05) is 18.2 Å². The number of thiophene rings is 2. The average molecular weight is 483 g/mol. The van der Waals surface area contributed by atoms with E-state index in [0.717, 1.165) is 43.2 Å². The van der Waals surface area contributed by atoms with E-state index in [-0.39, 0.29) is 11.7 Å². The molecule has 4 heterocycles. The van der Waals surface area contributed by atoms with Crippen LogP contribution in [0, 0.1) is 11.3 Å². The zero-order chi connectivity index (χ0) is 22.9. The first kappa shape index (κ1) is 21.9. The number of amides is 1. The van der Waals surface area contributed by atoms with Crippen molar-refractivity contribution >= 4 is 49.1 Å². The standard InChI is InChI=1S/C23H22N4O4S2/c1-27-17-8-13(3-4-18(17)31-23(27)29)20-9-14-7-16(32-22(14)33-20)10-15(11-24)26-21(28)19-12-25-5-2-6-30-19/h3-4,7-9,15,19,25H,2,5-6,10,12H2,1H3,(H,26,28). The molecule has 1 amide bonds. The molecule has 1 fully saturated rings. The van der Waals surface area contributed by atoms with Crippen LogP contribution in [0.2, 0.25) is 0 Å². The van der Waals surface area contributed by atoms with E-state index < -0.39 is 12.1 Å². The molecule has 1 aromatic carbocycles. The van der Waals surface area contributed by atoms with Crippen molar-refractivity contribution in [3.8, 4) is 16.5 Å². The maximum Gasteiger partial charge on any atom is 0.419 e. The summed E-state index contributed by atoms with van der Waals surface area (Å²) in [4.78, 5) is 26.4. The van der Waals surface area contributed by atoms with Crippen LogP contribution in [0.1, 0.15) is 11.3 Å². The highest BCUT2D eigenvalue weighted by Gasteiger charge is 2.24. The first-order chi connectivity index (χ1) is 16.0. The van der Waals surface area contributed by atoms with Gasteiger partial charge in [0.05, 0.1) is 15.6 Å². The molecule has 1 aliphatic heterocycles. The lowest BCUT2D eigenvalue weighted by Crippen LogP contribution is -2.46. The molecule has 1 aliphatic rings. The summed E-state index contributed by atoms with van der Waals surface area (Å²) in [6.45, 7) is 1.82. The molecule has 8 nitrogen and oxygen atoms in total. The van der Waals surface area contributed by atoms with Gasteiger partial charge < -0.3 is 19.8 Å². The Morgan fingerprint density at radius 2 is 2.24 bits per heavy atom. The third-order valence-electron chi connectivity index (χ3n) is 5.66. The van der Waals surface area contributed by atoms with Crippen molar-refractivity contribution in [1.82, 2.24) is 15.2 Å². The van der Waals surface area contributed by atoms with Gasteiger partial charge in [0.15, 0.2) is 5.58 Å². The third kappa shape index (κ3) is 4.45. The highest BCUT2D eigenvalue weighted by molar-refractivity contribution is 7.39. The van der Waals surface area contributed by atoms with Gasteiger partial charge in [-0.05, 0) is 48.9 Å². The summed E-state index contributed by atoms with van der Waals surface area (Å²) in [5, 5.41) is 16.7. The molecule has 3 aromatic heterocycles. The zero-order valence-electron chi connectivity index (χ0n) is 17.9. The van der Waals surface area contributed by atoms with Gasteiger partial charge in [-0.1, -0.05) is 0 Å². The van der Waals surface area contributed by atoms with Crippen molar-refractivity contribution in [3.05, 3.63) is 45.8 Å². The number of fused-ring (bicyclic) bond motifs is 2. The number of hydrogen-bond donors (Lipinski definition) is 2. The zero-order valence-corrected chi connectivity index (χ0v) is 19.6. The van der Waals surface area contributed by atoms with Gasteiger partial charge in [0.2, 0.25) is 0 Å². The van der Waals surface area contributed by atoms with Gasteiger partial charge in [-0.15, -0.1) is 22.7 Å². The van der Waals surface area contributed by atoms with Gasteiger partial charge in [0.1, 0.15) is 12.1 Å². The molecule has 5 rings (SSSR count). The molecule has 0 radical (unpaired) electrons. The van der Waals surface area contributed by atoms with Crippen LogP contribution in [0.3, 0.4) is 0 Å². The predicted molar refractivity (Wildman–Crippen MR) is 129 cm³/mol. The van der Waals surface area contributed by atoms with E-state index in [9.17, 15) is 14.9 Å². The van der Waals surface area contributed by atoms with Crippen molar-refractivity contribution in [2.75, 3.05) is 19.7 Å². The van der Waals surface area contributed by atoms with Crippen molar-refractivity contribution in [2.45, 2.75) is 25.0 Å². The Hall–Kier alpha value is -2.97. The van der Waals surface area contributed by atoms with Crippen molar-refractivity contribution in [3.63, 3.8) is 0 Å². The number of carbonyl (C=O) groups excluding carboxylic acids is 1. The van der Waals surface area contributed by atoms with E-state index >= 15 is 0 Å². The molecule has 0 saturated carbocycles. The molecule has 0 spiro atoms. The monoisotopic (exact) mass is 482 g/mol. The quantitative estimate of drug-likeness (QED) is 0.453. The number of carbonyl (C=O) groups is 1. The van der Waals surface area contributed by atoms with Crippen molar-refractivity contribution in [1.29, 1.82) is 5.26 Å². The lowest BCUT2D eigenvalue weighted by molar-refractivity contribution is -0.132. The molecule has 2 unspecified atom stereocenters. The molecular formula is C23H22N4O4S2. The first-order valence-corrected chi connectivity index (χ1v) is 12.3. The summed E-state index contributed by atoms with van der Waals surface area (Å²) in [6.07, 6.45) is 0.755. The van der Waals surface area contributed by atoms with Gasteiger partial charge in [0.25, 0.3) is 5.91 Å². The summed E-state index contributed by atoms with van der Waals surface area (Å²) < 4.78 is 13.4. The number of nitriles is 1. The average Bonchev–Trinajstić information content (AvgIpc) is 3.35. The second kappa shape index (κ2) is 9.11. The molecule has 4 aromatic rings. The van der Waals surface area contributed by atoms with Crippen LogP contribution >= 0.6 is 22.7 Å². The van der Waals surface area contributed by atoms with Gasteiger partial charge >= 0.3 is 5.76 Å². The summed E-state index contributed by atoms with van der Waals surface area (Å²) in [5.41, 5.74) is 2.35. The minimum atomic E-state index is -0.610. The lowest BCUT2D eigenvalue weighted by Gasteiger charge is -2.17. The number of ether oxygens (including phenoxy) is 1. The molecule has 33 heavy (non-hydrogen) atoms. The van der Waals surface area contributed by atoms with Crippen LogP contribution in [0.25, 0.3) is 30.9 Å². The number of nitrogens with one attached hydrogen (secondary N) is 2. The fraction of sp³-hybridized carbons (Fsp3) is 0.348. The number of hydrogen-bond acceptors (Lipinski definition) is 8. The molecule has 1 saturated heterocycles. The third-order valence-corrected chi connectivity index (χ3v) is 8.12. The smallest absolute Gasteiger partial charge is 0.408 e. The Morgan fingerprint density at radius 1 is 1.36 bits per heavy atom. The molecule has 2 atom stereocenters. The second-order valence-corrected chi connectivity index (χ2v) is 10.4. The predicted octanol–water partition coefficient (Wildman–Crippen LogP) is 3.00. The SMILES string of the molecule is Cn1c(=O)oc2ccc(-c3cc4cc(CC(C#N)NC(=O)C5CNCCCO5)sc4s3)cc21. The fourth-order valence-electron chi connectivity index (χ4n) is 3.89. The van der Waals surface area contributed by atoms with E-state index in [0.29, 0.717) is 25.2 Å². The lowest BCUT2D eigenvalue weighted by atomic mass is 10.1. The Kier molecular flexibility index (Phi) is 6.03. The number of nitrogens with zero attached hydrogens (tertiary/aromatic N) is 2. The van der Waals surface area contributed by atoms with E-state index in [2.05, 4.69) is 28.8 Å². The van der Waals surface area contributed by atoms with Crippen LogP contribution in [-0.4, -0.2) is 42.3 Å². The van der Waals surface area contributed by atoms with Gasteiger partial charge in [-0.2, -0.15) is 5.26 Å². The number of aromatic nitrogens is 1. The molecule has 0 aliphatic carbocycles. The van der Waals surface area contributed by atoms with Crippen LogP contribution in [0.15, 0.2) is 39.5 Å². The number of benzene rings is 1. The van der Waals surface area contributed by atoms with Crippen LogP contribution in [0.4, 0.5) is 0 Å². The molecule has 10 heteroatoms. The molecular weight excluding hydrogens is 460 g/mol. The van der Waals surface area contributed by atoms with Gasteiger partial charge in [-0.25, -0.2) is 4.79 Å². The highest BCUT2D eigenvalue weighted by Crippen LogP contribution is 2.39. The minimum absolute atomic E-state index is 0.249. The summed E-state index contributed by atoms with van der Waals surface area (Å²) in [7, 11) is 1.69. The second-order valence-electron chi connectivity index (χ2n) is 7.99. The number of aryl methyl sites for hydroxylation is 1. The number of oxazole rings is 1. The fourth-order valence-corrected chi connectivity index (χ4v) is 6.42. The Morgan fingerprint density at radius 3 is 3.06 bits per heavy atom. The summed E-state index contributed by atoms with van der Waals surface area (Å²) in [5.74, 6) is -0.624. The van der Waals surface area contributed by atoms with Gasteiger partial charge in [-0.3, -0.25) is 9.36 Å². The van der Waals surface area contributed by atoms with Crippen LogP contribution in [-0.2, 0) is 23.0 Å².